The van der Waals surface area contributed by atoms with E-state index in [-0.39, 0.29) is 11.8 Å². The van der Waals surface area contributed by atoms with Gasteiger partial charge in [-0.3, -0.25) is 9.59 Å². The first-order valence-electron chi connectivity index (χ1n) is 4.65. The maximum absolute atomic E-state index is 11.6. The summed E-state index contributed by atoms with van der Waals surface area (Å²) in [6.07, 6.45) is 2.61. The van der Waals surface area contributed by atoms with Crippen LogP contribution in [-0.2, 0) is 4.79 Å². The van der Waals surface area contributed by atoms with Gasteiger partial charge in [0.25, 0.3) is 5.91 Å². The van der Waals surface area contributed by atoms with Gasteiger partial charge in [-0.2, -0.15) is 0 Å². The number of anilines is 1. The molecular formula is C11H13N3O2. The lowest BCUT2D eigenvalue weighted by atomic mass is 10.2. The van der Waals surface area contributed by atoms with Crippen LogP contribution in [0, 0.1) is 0 Å². The third-order valence-electron chi connectivity index (χ3n) is 1.85. The summed E-state index contributed by atoms with van der Waals surface area (Å²) in [4.78, 5) is 28.0. The van der Waals surface area contributed by atoms with Crippen molar-refractivity contribution < 1.29 is 9.59 Å². The molecule has 0 saturated heterocycles. The Bertz CT molecular complexity index is 427. The zero-order valence-corrected chi connectivity index (χ0v) is 9.23. The van der Waals surface area contributed by atoms with Crippen LogP contribution in [0.25, 0.3) is 0 Å². The highest BCUT2D eigenvalue weighted by molar-refractivity contribution is 5.99. The van der Waals surface area contributed by atoms with Crippen LogP contribution in [0.4, 0.5) is 5.82 Å². The Morgan fingerprint density at radius 1 is 1.50 bits per heavy atom. The lowest BCUT2D eigenvalue weighted by Crippen LogP contribution is -2.22. The first-order valence-corrected chi connectivity index (χ1v) is 4.65. The first-order chi connectivity index (χ1) is 7.54. The predicted octanol–water partition coefficient (Wildman–Crippen LogP) is 0.908. The molecule has 1 N–H and O–H groups in total. The van der Waals surface area contributed by atoms with Gasteiger partial charge in [-0.05, 0) is 18.2 Å². The Kier molecular flexibility index (Phi) is 3.77. The summed E-state index contributed by atoms with van der Waals surface area (Å²) in [5, 5.41) is 2.49. The number of hydrogen-bond donors (Lipinski definition) is 1. The van der Waals surface area contributed by atoms with Gasteiger partial charge < -0.3 is 10.2 Å². The molecule has 5 heteroatoms. The molecule has 2 amide bonds. The summed E-state index contributed by atoms with van der Waals surface area (Å²) in [7, 11) is 3.31. The van der Waals surface area contributed by atoms with Crippen LogP contribution in [0.3, 0.4) is 0 Å². The minimum atomic E-state index is -0.359. The number of rotatable bonds is 3. The third kappa shape index (κ3) is 2.91. The molecule has 1 aromatic rings. The number of carbonyl (C=O) groups excluding carboxylic acids is 2. The molecule has 0 aliphatic carbocycles. The lowest BCUT2D eigenvalue weighted by molar-refractivity contribution is -0.111. The molecule has 84 valence electrons. The molecule has 5 nitrogen and oxygen atoms in total. The van der Waals surface area contributed by atoms with E-state index >= 15 is 0 Å². The second kappa shape index (κ2) is 5.06. The van der Waals surface area contributed by atoms with Gasteiger partial charge in [-0.1, -0.05) is 6.58 Å². The SMILES string of the molecule is C=CC(=O)Nc1cc(C(=O)N(C)C)ccn1. The zero-order chi connectivity index (χ0) is 12.1. The van der Waals surface area contributed by atoms with Crippen molar-refractivity contribution in [3.05, 3.63) is 36.5 Å². The highest BCUT2D eigenvalue weighted by atomic mass is 16.2. The van der Waals surface area contributed by atoms with E-state index in [0.29, 0.717) is 11.4 Å². The second-order valence-electron chi connectivity index (χ2n) is 3.32. The van der Waals surface area contributed by atoms with Crippen molar-refractivity contribution in [2.45, 2.75) is 0 Å². The van der Waals surface area contributed by atoms with Crippen LogP contribution in [-0.4, -0.2) is 35.8 Å². The molecule has 0 atom stereocenters. The minimum Gasteiger partial charge on any atom is -0.345 e. The molecule has 0 aliphatic heterocycles. The summed E-state index contributed by atoms with van der Waals surface area (Å²) in [5.41, 5.74) is 0.472. The molecule has 16 heavy (non-hydrogen) atoms. The number of carbonyl (C=O) groups is 2. The Morgan fingerprint density at radius 3 is 2.75 bits per heavy atom. The van der Waals surface area contributed by atoms with Crippen molar-refractivity contribution in [3.63, 3.8) is 0 Å². The van der Waals surface area contributed by atoms with Crippen molar-refractivity contribution in [2.75, 3.05) is 19.4 Å². The van der Waals surface area contributed by atoms with Crippen molar-refractivity contribution in [1.29, 1.82) is 0 Å². The van der Waals surface area contributed by atoms with Gasteiger partial charge in [0.2, 0.25) is 5.91 Å². The molecule has 1 rings (SSSR count). The largest absolute Gasteiger partial charge is 0.345 e. The topological polar surface area (TPSA) is 62.3 Å². The number of amides is 2. The van der Waals surface area contributed by atoms with Crippen molar-refractivity contribution >= 4 is 17.6 Å². The van der Waals surface area contributed by atoms with Crippen LogP contribution in [0.1, 0.15) is 10.4 Å². The fraction of sp³-hybridized carbons (Fsp3) is 0.182. The molecule has 0 aliphatic rings. The monoisotopic (exact) mass is 219 g/mol. The standard InChI is InChI=1S/C11H13N3O2/c1-4-10(15)13-9-7-8(5-6-12-9)11(16)14(2)3/h4-7H,1H2,2-3H3,(H,12,13,15). The molecule has 0 aromatic carbocycles. The van der Waals surface area contributed by atoms with Crippen molar-refractivity contribution in [3.8, 4) is 0 Å². The van der Waals surface area contributed by atoms with E-state index in [9.17, 15) is 9.59 Å². The van der Waals surface area contributed by atoms with Crippen LogP contribution < -0.4 is 5.32 Å². The maximum atomic E-state index is 11.6. The average Bonchev–Trinajstić information content (AvgIpc) is 2.28. The van der Waals surface area contributed by atoms with Gasteiger partial charge in [0.1, 0.15) is 5.82 Å². The molecule has 0 saturated carbocycles. The van der Waals surface area contributed by atoms with E-state index in [1.807, 2.05) is 0 Å². The number of aromatic nitrogens is 1. The average molecular weight is 219 g/mol. The van der Waals surface area contributed by atoms with Gasteiger partial charge in [0.05, 0.1) is 0 Å². The Labute approximate surface area is 93.8 Å². The number of pyridine rings is 1. The fourth-order valence-corrected chi connectivity index (χ4v) is 1.07. The van der Waals surface area contributed by atoms with Gasteiger partial charge in [0, 0.05) is 25.9 Å². The van der Waals surface area contributed by atoms with Crippen molar-refractivity contribution in [2.24, 2.45) is 0 Å². The second-order valence-corrected chi connectivity index (χ2v) is 3.32. The van der Waals surface area contributed by atoms with Gasteiger partial charge in [-0.15, -0.1) is 0 Å². The number of nitrogens with zero attached hydrogens (tertiary/aromatic N) is 2. The van der Waals surface area contributed by atoms with Gasteiger partial charge >= 0.3 is 0 Å². The Balaban J connectivity index is 2.91. The van der Waals surface area contributed by atoms with E-state index in [0.717, 1.165) is 6.08 Å². The lowest BCUT2D eigenvalue weighted by Gasteiger charge is -2.10. The molecule has 0 bridgehead atoms. The molecule has 0 fully saturated rings. The van der Waals surface area contributed by atoms with Gasteiger partial charge in [0.15, 0.2) is 0 Å². The van der Waals surface area contributed by atoms with Crippen LogP contribution in [0.5, 0.6) is 0 Å². The third-order valence-corrected chi connectivity index (χ3v) is 1.85. The predicted molar refractivity (Wildman–Crippen MR) is 61.1 cm³/mol. The fourth-order valence-electron chi connectivity index (χ4n) is 1.07. The number of hydrogen-bond acceptors (Lipinski definition) is 3. The smallest absolute Gasteiger partial charge is 0.253 e. The summed E-state index contributed by atoms with van der Waals surface area (Å²) in [5.74, 6) is -0.170. The molecular weight excluding hydrogens is 206 g/mol. The summed E-state index contributed by atoms with van der Waals surface area (Å²) in [6.45, 7) is 3.33. The molecule has 0 spiro atoms. The van der Waals surface area contributed by atoms with E-state index in [1.54, 1.807) is 20.2 Å². The van der Waals surface area contributed by atoms with Crippen molar-refractivity contribution in [1.82, 2.24) is 9.88 Å². The maximum Gasteiger partial charge on any atom is 0.253 e. The Hall–Kier alpha value is -2.17. The Morgan fingerprint density at radius 2 is 2.19 bits per heavy atom. The summed E-state index contributed by atoms with van der Waals surface area (Å²) < 4.78 is 0. The molecule has 0 radical (unpaired) electrons. The van der Waals surface area contributed by atoms with E-state index in [2.05, 4.69) is 16.9 Å². The minimum absolute atomic E-state index is 0.142. The molecule has 1 heterocycles. The summed E-state index contributed by atoms with van der Waals surface area (Å²) >= 11 is 0. The molecule has 0 unspecified atom stereocenters. The zero-order valence-electron chi connectivity index (χ0n) is 9.23. The van der Waals surface area contributed by atoms with E-state index in [4.69, 9.17) is 0 Å². The molecule has 1 aromatic heterocycles. The summed E-state index contributed by atoms with van der Waals surface area (Å²) in [6, 6.07) is 3.11. The van der Waals surface area contributed by atoms with E-state index < -0.39 is 0 Å². The quantitative estimate of drug-likeness (QED) is 0.768. The van der Waals surface area contributed by atoms with Crippen LogP contribution in [0.15, 0.2) is 31.0 Å². The normalized spacial score (nSPS) is 9.38. The van der Waals surface area contributed by atoms with E-state index in [1.165, 1.54) is 17.2 Å². The van der Waals surface area contributed by atoms with Gasteiger partial charge in [-0.25, -0.2) is 4.98 Å². The highest BCUT2D eigenvalue weighted by Crippen LogP contribution is 2.08. The van der Waals surface area contributed by atoms with Crippen LogP contribution in [0.2, 0.25) is 0 Å². The first kappa shape index (κ1) is 11.9. The number of nitrogens with one attached hydrogen (secondary N) is 1. The van der Waals surface area contributed by atoms with Crippen LogP contribution >= 0.6 is 0 Å². The highest BCUT2D eigenvalue weighted by Gasteiger charge is 2.09.